The van der Waals surface area contributed by atoms with Crippen molar-refractivity contribution in [3.8, 4) is 11.6 Å². The number of fused-ring (bicyclic) bond motifs is 1. The molecule has 33 heavy (non-hydrogen) atoms. The van der Waals surface area contributed by atoms with E-state index in [4.69, 9.17) is 14.9 Å². The van der Waals surface area contributed by atoms with Crippen molar-refractivity contribution in [2.75, 3.05) is 9.62 Å². The topological polar surface area (TPSA) is 123 Å². The van der Waals surface area contributed by atoms with Gasteiger partial charge in [-0.1, -0.05) is 6.07 Å². The molecule has 1 aliphatic heterocycles. The molecule has 3 N–H and O–H groups in total. The number of ether oxygens (including phenoxy) is 1. The van der Waals surface area contributed by atoms with Crippen molar-refractivity contribution >= 4 is 33.6 Å². The van der Waals surface area contributed by atoms with Crippen LogP contribution >= 0.6 is 0 Å². The lowest BCUT2D eigenvalue weighted by molar-refractivity contribution is 0.462. The van der Waals surface area contributed by atoms with Crippen LogP contribution in [-0.2, 0) is 10.0 Å². The Morgan fingerprint density at radius 2 is 1.79 bits per heavy atom. The molecule has 2 aromatic carbocycles. The summed E-state index contributed by atoms with van der Waals surface area (Å²) in [7, 11) is -3.78. The third-order valence-electron chi connectivity index (χ3n) is 5.00. The second kappa shape index (κ2) is 8.41. The second-order valence-electron chi connectivity index (χ2n) is 7.17. The fourth-order valence-electron chi connectivity index (χ4n) is 3.34. The molecule has 10 heteroatoms. The first-order chi connectivity index (χ1) is 16.0. The van der Waals surface area contributed by atoms with E-state index < -0.39 is 16.2 Å². The van der Waals surface area contributed by atoms with Gasteiger partial charge in [0.05, 0.1) is 16.7 Å². The van der Waals surface area contributed by atoms with Gasteiger partial charge in [-0.25, -0.2) is 18.4 Å². The van der Waals surface area contributed by atoms with Crippen molar-refractivity contribution in [1.82, 2.24) is 4.98 Å². The van der Waals surface area contributed by atoms with E-state index >= 15 is 0 Å². The Labute approximate surface area is 190 Å². The number of rotatable bonds is 6. The van der Waals surface area contributed by atoms with Crippen LogP contribution < -0.4 is 20.1 Å². The highest BCUT2D eigenvalue weighted by molar-refractivity contribution is 7.92. The van der Waals surface area contributed by atoms with Crippen LogP contribution in [0.2, 0.25) is 0 Å². The van der Waals surface area contributed by atoms with Crippen LogP contribution in [0.5, 0.6) is 11.6 Å². The number of aliphatic imine (C=N–C) groups is 1. The first kappa shape index (κ1) is 20.7. The maximum absolute atomic E-state index is 12.8. The summed E-state index contributed by atoms with van der Waals surface area (Å²) < 4.78 is 39.0. The lowest BCUT2D eigenvalue weighted by atomic mass is 10.2. The monoisotopic (exact) mass is 461 g/mol. The van der Waals surface area contributed by atoms with Crippen LogP contribution in [0.3, 0.4) is 0 Å². The van der Waals surface area contributed by atoms with Crippen LogP contribution in [0.15, 0.2) is 99.6 Å². The normalized spacial score (nSPS) is 15.2. The average Bonchev–Trinajstić information content (AvgIpc) is 3.31. The number of aromatic nitrogens is 1. The minimum absolute atomic E-state index is 0.109. The number of furan rings is 1. The van der Waals surface area contributed by atoms with E-state index in [0.717, 1.165) is 11.3 Å². The van der Waals surface area contributed by atoms with E-state index in [1.165, 1.54) is 12.1 Å². The summed E-state index contributed by atoms with van der Waals surface area (Å²) in [5.41, 5.74) is 8.25. The van der Waals surface area contributed by atoms with Gasteiger partial charge in [0.25, 0.3) is 10.0 Å². The molecule has 2 aromatic heterocycles. The molecular formula is C23H19N5O4S. The second-order valence-corrected chi connectivity index (χ2v) is 8.85. The molecule has 0 amide bonds. The summed E-state index contributed by atoms with van der Waals surface area (Å²) in [5, 5.41) is 0. The molecule has 9 nitrogen and oxygen atoms in total. The lowest BCUT2D eigenvalue weighted by Crippen LogP contribution is -2.35. The fraction of sp³-hybridized carbons (Fsp3) is 0.0435. The van der Waals surface area contributed by atoms with Crippen molar-refractivity contribution in [2.24, 2.45) is 10.7 Å². The molecule has 1 atom stereocenters. The van der Waals surface area contributed by atoms with Crippen LogP contribution in [0, 0.1) is 0 Å². The summed E-state index contributed by atoms with van der Waals surface area (Å²) in [6, 6.07) is 20.0. The molecule has 1 unspecified atom stereocenters. The third kappa shape index (κ3) is 4.29. The Kier molecular flexibility index (Phi) is 5.29. The molecule has 0 bridgehead atoms. The Bertz CT molecular complexity index is 1390. The third-order valence-corrected chi connectivity index (χ3v) is 6.40. The number of hydrogen-bond acceptors (Lipinski definition) is 8. The highest BCUT2D eigenvalue weighted by Crippen LogP contribution is 2.34. The summed E-state index contributed by atoms with van der Waals surface area (Å²) in [6.07, 6.45) is 4.29. The Balaban J connectivity index is 1.28. The quantitative estimate of drug-likeness (QED) is 0.436. The minimum Gasteiger partial charge on any atom is -0.446 e. The molecule has 166 valence electrons. The molecule has 0 radical (unpaired) electrons. The zero-order valence-electron chi connectivity index (χ0n) is 17.2. The van der Waals surface area contributed by atoms with E-state index in [1.54, 1.807) is 84.4 Å². The van der Waals surface area contributed by atoms with Gasteiger partial charge in [0.15, 0.2) is 0 Å². The van der Waals surface area contributed by atoms with E-state index in [-0.39, 0.29) is 4.90 Å². The number of nitrogens with zero attached hydrogens (tertiary/aromatic N) is 3. The Morgan fingerprint density at radius 3 is 2.52 bits per heavy atom. The van der Waals surface area contributed by atoms with E-state index in [1.807, 2.05) is 0 Å². The summed E-state index contributed by atoms with van der Waals surface area (Å²) in [6.45, 7) is 0. The standard InChI is InChI=1S/C23H19N5O4S/c24-22-20-12-14-31-23(20)26-15-28(22)17-6-4-16(5-7-17)27-33(29,30)19-10-8-18(9-11-19)32-21-3-1-2-13-25-21/h1-15,22,27H,24H2. The maximum atomic E-state index is 12.8. The number of hydrogen-bond donors (Lipinski definition) is 2. The number of benzene rings is 2. The molecule has 0 spiro atoms. The Hall–Kier alpha value is -4.15. The lowest BCUT2D eigenvalue weighted by Gasteiger charge is -2.29. The smallest absolute Gasteiger partial charge is 0.261 e. The molecule has 0 fully saturated rings. The number of anilines is 2. The molecule has 1 aliphatic rings. The van der Waals surface area contributed by atoms with Gasteiger partial charge in [-0.05, 0) is 60.7 Å². The van der Waals surface area contributed by atoms with Gasteiger partial charge in [-0.3, -0.25) is 4.72 Å². The van der Waals surface area contributed by atoms with Gasteiger partial charge in [-0.2, -0.15) is 0 Å². The van der Waals surface area contributed by atoms with Crippen molar-refractivity contribution in [1.29, 1.82) is 0 Å². The SMILES string of the molecule is NC1c2ccoc2N=CN1c1ccc(NS(=O)(=O)c2ccc(Oc3ccccn3)cc2)cc1. The molecule has 3 heterocycles. The van der Waals surface area contributed by atoms with E-state index in [2.05, 4.69) is 14.7 Å². The first-order valence-corrected chi connectivity index (χ1v) is 11.5. The number of pyridine rings is 1. The molecule has 0 saturated carbocycles. The maximum Gasteiger partial charge on any atom is 0.261 e. The van der Waals surface area contributed by atoms with Crippen molar-refractivity contribution in [3.63, 3.8) is 0 Å². The molecule has 0 saturated heterocycles. The minimum atomic E-state index is -3.78. The Morgan fingerprint density at radius 1 is 1.00 bits per heavy atom. The summed E-state index contributed by atoms with van der Waals surface area (Å²) in [4.78, 5) is 10.2. The number of sulfonamides is 1. The summed E-state index contributed by atoms with van der Waals surface area (Å²) in [5.74, 6) is 1.39. The predicted molar refractivity (Wildman–Crippen MR) is 124 cm³/mol. The van der Waals surface area contributed by atoms with Crippen LogP contribution in [0.4, 0.5) is 17.3 Å². The predicted octanol–water partition coefficient (Wildman–Crippen LogP) is 4.41. The highest BCUT2D eigenvalue weighted by atomic mass is 32.2. The van der Waals surface area contributed by atoms with Gasteiger partial charge in [0, 0.05) is 23.6 Å². The zero-order valence-corrected chi connectivity index (χ0v) is 18.0. The van der Waals surface area contributed by atoms with Gasteiger partial charge >= 0.3 is 0 Å². The van der Waals surface area contributed by atoms with Crippen LogP contribution in [0.1, 0.15) is 11.7 Å². The van der Waals surface area contributed by atoms with E-state index in [9.17, 15) is 8.42 Å². The molecule has 5 rings (SSSR count). The average molecular weight is 462 g/mol. The van der Waals surface area contributed by atoms with Gasteiger partial charge in [0.1, 0.15) is 18.3 Å². The summed E-state index contributed by atoms with van der Waals surface area (Å²) >= 11 is 0. The highest BCUT2D eigenvalue weighted by Gasteiger charge is 2.24. The fourth-order valence-corrected chi connectivity index (χ4v) is 4.39. The molecule has 0 aliphatic carbocycles. The van der Waals surface area contributed by atoms with E-state index in [0.29, 0.717) is 23.2 Å². The number of nitrogens with two attached hydrogens (primary N) is 1. The molecular weight excluding hydrogens is 442 g/mol. The first-order valence-electron chi connectivity index (χ1n) is 9.97. The molecule has 4 aromatic rings. The van der Waals surface area contributed by atoms with Gasteiger partial charge < -0.3 is 19.8 Å². The van der Waals surface area contributed by atoms with Crippen molar-refractivity contribution in [2.45, 2.75) is 11.1 Å². The zero-order chi connectivity index (χ0) is 22.8. The van der Waals surface area contributed by atoms with Crippen molar-refractivity contribution in [3.05, 3.63) is 90.8 Å². The van der Waals surface area contributed by atoms with Crippen molar-refractivity contribution < 1.29 is 17.6 Å². The largest absolute Gasteiger partial charge is 0.446 e. The van der Waals surface area contributed by atoms with Gasteiger partial charge in [0.2, 0.25) is 11.8 Å². The van der Waals surface area contributed by atoms with Crippen LogP contribution in [-0.4, -0.2) is 19.7 Å². The number of nitrogens with one attached hydrogen (secondary N) is 1. The van der Waals surface area contributed by atoms with Crippen LogP contribution in [0.25, 0.3) is 0 Å². The van der Waals surface area contributed by atoms with Gasteiger partial charge in [-0.15, -0.1) is 0 Å².